The summed E-state index contributed by atoms with van der Waals surface area (Å²) >= 11 is 0. The van der Waals surface area contributed by atoms with Crippen molar-refractivity contribution >= 4 is 75.6 Å². The minimum atomic E-state index is -3.94. The number of anilines is 1. The van der Waals surface area contributed by atoms with E-state index < -0.39 is 16.1 Å². The molecule has 3 aromatic rings. The highest BCUT2D eigenvalue weighted by Crippen LogP contribution is 2.22. The molecule has 1 fully saturated rings. The van der Waals surface area contributed by atoms with Crippen LogP contribution in [-0.4, -0.2) is 44.3 Å². The normalized spacial score (nSPS) is 14.4. The third kappa shape index (κ3) is 8.47. The molecule has 1 saturated heterocycles. The van der Waals surface area contributed by atoms with Crippen LogP contribution in [0.1, 0.15) is 25.3 Å². The van der Waals surface area contributed by atoms with Crippen molar-refractivity contribution in [2.45, 2.75) is 37.1 Å². The molecule has 0 spiro atoms. The summed E-state index contributed by atoms with van der Waals surface area (Å²) in [7, 11) is -3.94. The molecule has 1 atom stereocenters. The van der Waals surface area contributed by atoms with Gasteiger partial charge in [-0.15, -0.1) is 37.2 Å². The molecule has 38 heavy (non-hydrogen) atoms. The van der Waals surface area contributed by atoms with Gasteiger partial charge in [0, 0.05) is 18.8 Å². The van der Waals surface area contributed by atoms with Gasteiger partial charge in [0.05, 0.1) is 4.90 Å². The molecular weight excluding hydrogens is 569 g/mol. The first kappa shape index (κ1) is 33.5. The molecule has 0 radical (unpaired) electrons. The van der Waals surface area contributed by atoms with E-state index in [-0.39, 0.29) is 60.4 Å². The lowest BCUT2D eigenvalue weighted by Gasteiger charge is -2.33. The number of rotatable bonds is 7. The molecule has 0 saturated carbocycles. The number of piperidine rings is 1. The number of sulfonamides is 1. The van der Waals surface area contributed by atoms with Crippen molar-refractivity contribution in [2.24, 2.45) is 11.7 Å². The summed E-state index contributed by atoms with van der Waals surface area (Å²) in [5.74, 6) is 0.161. The molecule has 1 heterocycles. The number of hydrogen-bond donors (Lipinski definition) is 4. The van der Waals surface area contributed by atoms with Gasteiger partial charge in [-0.05, 0) is 65.8 Å². The van der Waals surface area contributed by atoms with E-state index in [1.165, 1.54) is 0 Å². The highest BCUT2D eigenvalue weighted by molar-refractivity contribution is 7.89. The van der Waals surface area contributed by atoms with E-state index in [2.05, 4.69) is 17.0 Å². The monoisotopic (exact) mass is 601 g/mol. The first-order chi connectivity index (χ1) is 16.7. The van der Waals surface area contributed by atoms with Crippen molar-refractivity contribution in [3.05, 3.63) is 72.3 Å². The summed E-state index contributed by atoms with van der Waals surface area (Å²) in [6, 6.07) is 18.7. The molecule has 0 aliphatic carbocycles. The first-order valence-corrected chi connectivity index (χ1v) is 13.2. The topological polar surface area (TPSA) is 128 Å². The molecule has 0 unspecified atom stereocenters. The van der Waals surface area contributed by atoms with Crippen LogP contribution in [0.15, 0.2) is 71.6 Å². The summed E-state index contributed by atoms with van der Waals surface area (Å²) in [6.07, 6.45) is 2.01. The maximum atomic E-state index is 13.5. The van der Waals surface area contributed by atoms with Gasteiger partial charge in [0.2, 0.25) is 15.9 Å². The zero-order valence-electron chi connectivity index (χ0n) is 20.9. The van der Waals surface area contributed by atoms with Crippen LogP contribution >= 0.6 is 37.2 Å². The highest BCUT2D eigenvalue weighted by atomic mass is 35.5. The molecule has 208 valence electrons. The Morgan fingerprint density at radius 1 is 1.00 bits per heavy atom. The van der Waals surface area contributed by atoms with Gasteiger partial charge in [-0.25, -0.2) is 8.42 Å². The Hall–Kier alpha value is -2.56. The number of carbonyl (C=O) groups is 1. The molecule has 12 heteroatoms. The fourth-order valence-electron chi connectivity index (χ4n) is 4.33. The number of guanidine groups is 1. The number of nitrogens with zero attached hydrogens (tertiary/aromatic N) is 1. The van der Waals surface area contributed by atoms with Crippen LogP contribution in [0.3, 0.4) is 0 Å². The number of hydrogen-bond acceptors (Lipinski definition) is 4. The van der Waals surface area contributed by atoms with Crippen molar-refractivity contribution in [2.75, 3.05) is 18.4 Å². The lowest BCUT2D eigenvalue weighted by Crippen LogP contribution is -2.51. The molecule has 5 N–H and O–H groups in total. The number of likely N-dealkylation sites (tertiary alicyclic amines) is 1. The van der Waals surface area contributed by atoms with Crippen LogP contribution in [0.4, 0.5) is 5.69 Å². The predicted octanol–water partition coefficient (Wildman–Crippen LogP) is 4.56. The van der Waals surface area contributed by atoms with E-state index in [0.717, 1.165) is 29.2 Å². The average molecular weight is 603 g/mol. The Morgan fingerprint density at radius 2 is 1.61 bits per heavy atom. The Kier molecular flexibility index (Phi) is 12.8. The van der Waals surface area contributed by atoms with E-state index in [4.69, 9.17) is 11.1 Å². The quantitative estimate of drug-likeness (QED) is 0.233. The third-order valence-corrected chi connectivity index (χ3v) is 7.86. The van der Waals surface area contributed by atoms with Crippen LogP contribution in [-0.2, 0) is 21.2 Å². The summed E-state index contributed by atoms with van der Waals surface area (Å²) < 4.78 is 29.4. The lowest BCUT2D eigenvalue weighted by molar-refractivity contribution is -0.134. The second-order valence-corrected chi connectivity index (χ2v) is 10.8. The number of halogens is 3. The average Bonchev–Trinajstić information content (AvgIpc) is 2.84. The fraction of sp³-hybridized carbons (Fsp3) is 0.308. The van der Waals surface area contributed by atoms with E-state index in [9.17, 15) is 13.2 Å². The number of benzene rings is 3. The van der Waals surface area contributed by atoms with E-state index >= 15 is 0 Å². The van der Waals surface area contributed by atoms with Crippen LogP contribution in [0.5, 0.6) is 0 Å². The van der Waals surface area contributed by atoms with Crippen LogP contribution in [0.2, 0.25) is 0 Å². The molecule has 0 bridgehead atoms. The predicted molar refractivity (Wildman–Crippen MR) is 160 cm³/mol. The maximum absolute atomic E-state index is 13.5. The van der Waals surface area contributed by atoms with Crippen molar-refractivity contribution in [1.29, 1.82) is 5.41 Å². The summed E-state index contributed by atoms with van der Waals surface area (Å²) in [4.78, 5) is 15.4. The minimum Gasteiger partial charge on any atom is -0.370 e. The van der Waals surface area contributed by atoms with Crippen LogP contribution in [0.25, 0.3) is 10.8 Å². The van der Waals surface area contributed by atoms with Gasteiger partial charge in [0.25, 0.3) is 0 Å². The summed E-state index contributed by atoms with van der Waals surface area (Å²) in [5, 5.41) is 11.8. The van der Waals surface area contributed by atoms with Crippen molar-refractivity contribution in [3.8, 4) is 0 Å². The molecule has 1 aliphatic heterocycles. The number of fused-ring (bicyclic) bond motifs is 1. The van der Waals surface area contributed by atoms with Crippen LogP contribution < -0.4 is 15.8 Å². The van der Waals surface area contributed by atoms with E-state index in [0.29, 0.717) is 24.7 Å². The van der Waals surface area contributed by atoms with Crippen molar-refractivity contribution in [1.82, 2.24) is 9.62 Å². The third-order valence-electron chi connectivity index (χ3n) is 6.39. The van der Waals surface area contributed by atoms with Gasteiger partial charge in [-0.1, -0.05) is 49.4 Å². The zero-order valence-corrected chi connectivity index (χ0v) is 24.2. The Morgan fingerprint density at radius 3 is 2.21 bits per heavy atom. The number of amides is 1. The van der Waals surface area contributed by atoms with Gasteiger partial charge in [-0.2, -0.15) is 4.72 Å². The highest BCUT2D eigenvalue weighted by Gasteiger charge is 2.31. The van der Waals surface area contributed by atoms with Gasteiger partial charge in [-0.3, -0.25) is 10.2 Å². The number of nitrogens with two attached hydrogens (primary N) is 1. The fourth-order valence-corrected chi connectivity index (χ4v) is 5.56. The zero-order chi connectivity index (χ0) is 25.0. The molecule has 1 aliphatic rings. The Bertz CT molecular complexity index is 1330. The smallest absolute Gasteiger partial charge is 0.241 e. The van der Waals surface area contributed by atoms with Gasteiger partial charge in [0.1, 0.15) is 6.04 Å². The van der Waals surface area contributed by atoms with Crippen LogP contribution in [0, 0.1) is 11.3 Å². The largest absolute Gasteiger partial charge is 0.370 e. The summed E-state index contributed by atoms with van der Waals surface area (Å²) in [6.45, 7) is 3.41. The SMILES string of the molecule is CC1CCN(C(=O)[C@H](Cc2ccc(NC(=N)N)cc2)NS(=O)(=O)c2ccc3ccccc3c2)CC1.Cl.Cl.Cl. The number of carbonyl (C=O) groups excluding carboxylic acids is 1. The van der Waals surface area contributed by atoms with E-state index in [1.54, 1.807) is 47.4 Å². The lowest BCUT2D eigenvalue weighted by atomic mass is 9.98. The molecule has 4 rings (SSSR count). The maximum Gasteiger partial charge on any atom is 0.241 e. The Balaban J connectivity index is 0.00000241. The minimum absolute atomic E-state index is 0. The second-order valence-electron chi connectivity index (χ2n) is 9.13. The standard InChI is InChI=1S/C26H31N5O3S.3ClH/c1-18-12-14-31(15-13-18)25(32)24(16-19-6-9-22(10-7-19)29-26(27)28)30-35(33,34)23-11-8-20-4-2-3-5-21(20)17-23;;;/h2-11,17-18,24,30H,12-16H2,1H3,(H4,27,28,29);3*1H/t24-;;;/m0.../s1. The van der Waals surface area contributed by atoms with Crippen molar-refractivity contribution in [3.63, 3.8) is 0 Å². The van der Waals surface area contributed by atoms with Gasteiger partial charge >= 0.3 is 0 Å². The van der Waals surface area contributed by atoms with E-state index in [1.807, 2.05) is 24.3 Å². The first-order valence-electron chi connectivity index (χ1n) is 11.7. The molecular formula is C26H34Cl3N5O3S. The summed E-state index contributed by atoms with van der Waals surface area (Å²) in [5.41, 5.74) is 6.82. The molecule has 1 amide bonds. The van der Waals surface area contributed by atoms with Gasteiger partial charge in [0.15, 0.2) is 5.96 Å². The van der Waals surface area contributed by atoms with Crippen molar-refractivity contribution < 1.29 is 13.2 Å². The number of nitrogens with one attached hydrogen (secondary N) is 3. The van der Waals surface area contributed by atoms with Gasteiger partial charge < -0.3 is 16.0 Å². The second kappa shape index (κ2) is 14.6. The molecule has 8 nitrogen and oxygen atoms in total. The molecule has 3 aromatic carbocycles. The Labute approximate surface area is 242 Å². The molecule has 0 aromatic heterocycles.